The third-order valence-electron chi connectivity index (χ3n) is 5.04. The van der Waals surface area contributed by atoms with Crippen LogP contribution in [0, 0.1) is 11.3 Å². The number of rotatable bonds is 5. The number of nitrogens with one attached hydrogen (secondary N) is 2. The van der Waals surface area contributed by atoms with Gasteiger partial charge in [0.2, 0.25) is 0 Å². The van der Waals surface area contributed by atoms with Gasteiger partial charge in [0.1, 0.15) is 5.82 Å². The number of carbonyl (C=O) groups excluding carboxylic acids is 1. The fourth-order valence-corrected chi connectivity index (χ4v) is 3.36. The van der Waals surface area contributed by atoms with Gasteiger partial charge in [-0.25, -0.2) is 9.78 Å². The summed E-state index contributed by atoms with van der Waals surface area (Å²) in [4.78, 5) is 16.2. The zero-order valence-corrected chi connectivity index (χ0v) is 13.7. The maximum atomic E-state index is 11.8. The van der Waals surface area contributed by atoms with E-state index in [1.54, 1.807) is 6.07 Å². The Labute approximate surface area is 137 Å². The fraction of sp³-hybridized carbons (Fsp3) is 0.611. The molecule has 0 bridgehead atoms. The number of carbonyl (C=O) groups is 1. The summed E-state index contributed by atoms with van der Waals surface area (Å²) in [6, 6.07) is 3.91. The Morgan fingerprint density at radius 3 is 2.52 bits per heavy atom. The van der Waals surface area contributed by atoms with Crippen molar-refractivity contribution in [2.75, 3.05) is 12.4 Å². The van der Waals surface area contributed by atoms with Gasteiger partial charge in [-0.15, -0.1) is 0 Å². The molecule has 0 aliphatic heterocycles. The van der Waals surface area contributed by atoms with E-state index in [1.165, 1.54) is 32.8 Å². The number of hydrogen-bond donors (Lipinski definition) is 2. The second kappa shape index (κ2) is 7.11. The third kappa shape index (κ3) is 3.54. The van der Waals surface area contributed by atoms with E-state index in [0.29, 0.717) is 29.2 Å². The number of esters is 1. The number of anilines is 1. The van der Waals surface area contributed by atoms with Crippen molar-refractivity contribution >= 4 is 17.5 Å². The predicted molar refractivity (Wildman–Crippen MR) is 90.2 cm³/mol. The van der Waals surface area contributed by atoms with Crippen molar-refractivity contribution in [2.24, 2.45) is 5.92 Å². The van der Waals surface area contributed by atoms with Crippen LogP contribution in [0.5, 0.6) is 0 Å². The van der Waals surface area contributed by atoms with Crippen molar-refractivity contribution in [2.45, 2.75) is 57.4 Å². The second-order valence-electron chi connectivity index (χ2n) is 6.61. The first-order valence-electron chi connectivity index (χ1n) is 8.63. The number of nitrogens with zero attached hydrogens (tertiary/aromatic N) is 1. The first-order valence-corrected chi connectivity index (χ1v) is 8.63. The minimum absolute atomic E-state index is 0.302. The molecule has 1 aromatic heterocycles. The molecule has 5 nitrogen and oxygen atoms in total. The number of methoxy groups -OCH3 is 1. The van der Waals surface area contributed by atoms with Crippen LogP contribution in [0.15, 0.2) is 12.1 Å². The lowest BCUT2D eigenvalue weighted by Gasteiger charge is -2.29. The molecule has 124 valence electrons. The van der Waals surface area contributed by atoms with Crippen molar-refractivity contribution in [1.82, 2.24) is 4.98 Å². The molecule has 5 heteroatoms. The fourth-order valence-electron chi connectivity index (χ4n) is 3.36. The summed E-state index contributed by atoms with van der Waals surface area (Å²) >= 11 is 0. The Morgan fingerprint density at radius 1 is 1.17 bits per heavy atom. The monoisotopic (exact) mass is 315 g/mol. The highest BCUT2D eigenvalue weighted by molar-refractivity contribution is 6.04. The number of hydrogen-bond acceptors (Lipinski definition) is 5. The quantitative estimate of drug-likeness (QED) is 0.640. The van der Waals surface area contributed by atoms with Crippen molar-refractivity contribution in [1.29, 1.82) is 5.41 Å². The lowest BCUT2D eigenvalue weighted by molar-refractivity contribution is 0.0594. The largest absolute Gasteiger partial charge is 0.464 e. The molecule has 3 rings (SSSR count). The van der Waals surface area contributed by atoms with Crippen molar-refractivity contribution < 1.29 is 9.53 Å². The molecule has 2 N–H and O–H groups in total. The molecule has 23 heavy (non-hydrogen) atoms. The highest BCUT2D eigenvalue weighted by Crippen LogP contribution is 2.32. The Kier molecular flexibility index (Phi) is 4.94. The molecule has 0 unspecified atom stereocenters. The number of ether oxygens (including phenoxy) is 1. The van der Waals surface area contributed by atoms with E-state index in [-0.39, 0.29) is 0 Å². The lowest BCUT2D eigenvalue weighted by atomic mass is 9.79. The summed E-state index contributed by atoms with van der Waals surface area (Å²) in [7, 11) is 1.36. The molecular weight excluding hydrogens is 290 g/mol. The molecule has 2 fully saturated rings. The van der Waals surface area contributed by atoms with Gasteiger partial charge in [0.05, 0.1) is 7.11 Å². The van der Waals surface area contributed by atoms with Gasteiger partial charge in [0.15, 0.2) is 5.69 Å². The van der Waals surface area contributed by atoms with E-state index in [9.17, 15) is 4.79 Å². The average molecular weight is 315 g/mol. The van der Waals surface area contributed by atoms with Crippen LogP contribution >= 0.6 is 0 Å². The second-order valence-corrected chi connectivity index (χ2v) is 6.61. The van der Waals surface area contributed by atoms with E-state index in [4.69, 9.17) is 10.1 Å². The van der Waals surface area contributed by atoms with Gasteiger partial charge in [-0.2, -0.15) is 0 Å². The molecule has 1 heterocycles. The highest BCUT2D eigenvalue weighted by atomic mass is 16.5. The maximum absolute atomic E-state index is 11.8. The van der Waals surface area contributed by atoms with Crippen LogP contribution in [0.2, 0.25) is 0 Å². The molecule has 2 saturated carbocycles. The minimum Gasteiger partial charge on any atom is -0.464 e. The summed E-state index contributed by atoms with van der Waals surface area (Å²) in [6.45, 7) is 0. The molecule has 0 radical (unpaired) electrons. The van der Waals surface area contributed by atoms with Gasteiger partial charge in [-0.1, -0.05) is 25.7 Å². The van der Waals surface area contributed by atoms with Crippen LogP contribution < -0.4 is 5.32 Å². The molecule has 0 amide bonds. The number of pyridine rings is 1. The van der Waals surface area contributed by atoms with Gasteiger partial charge in [-0.3, -0.25) is 0 Å². The molecule has 1 aromatic rings. The summed E-state index contributed by atoms with van der Waals surface area (Å²) in [5.41, 5.74) is 1.79. The molecule has 0 spiro atoms. The normalized spacial score (nSPS) is 19.0. The summed E-state index contributed by atoms with van der Waals surface area (Å²) in [5.74, 6) is 0.586. The molecular formula is C18H25N3O2. The van der Waals surface area contributed by atoms with Gasteiger partial charge >= 0.3 is 5.97 Å². The van der Waals surface area contributed by atoms with Gasteiger partial charge in [0, 0.05) is 23.2 Å². The third-order valence-corrected chi connectivity index (χ3v) is 5.04. The van der Waals surface area contributed by atoms with Crippen LogP contribution in [-0.2, 0) is 4.74 Å². The molecule has 0 aromatic carbocycles. The average Bonchev–Trinajstić information content (AvgIpc) is 2.53. The van der Waals surface area contributed by atoms with E-state index in [1.807, 2.05) is 6.07 Å². The first kappa shape index (κ1) is 16.0. The first-order chi connectivity index (χ1) is 11.2. The Bertz CT molecular complexity index is 590. The standard InChI is InChI=1S/C18H25N3O2/c1-23-18(22)15-11-10-14(16(19)12-6-5-7-12)17(21-15)20-13-8-3-2-4-9-13/h10-13,19H,2-9H2,1H3,(H,20,21). The van der Waals surface area contributed by atoms with Gasteiger partial charge in [0.25, 0.3) is 0 Å². The van der Waals surface area contributed by atoms with E-state index in [0.717, 1.165) is 31.2 Å². The predicted octanol–water partition coefficient (Wildman–Crippen LogP) is 3.78. The lowest BCUT2D eigenvalue weighted by Crippen LogP contribution is -2.27. The van der Waals surface area contributed by atoms with Crippen molar-refractivity contribution in [3.63, 3.8) is 0 Å². The highest BCUT2D eigenvalue weighted by Gasteiger charge is 2.27. The maximum Gasteiger partial charge on any atom is 0.356 e. The topological polar surface area (TPSA) is 75.1 Å². The molecule has 0 saturated heterocycles. The Morgan fingerprint density at radius 2 is 1.91 bits per heavy atom. The number of aromatic nitrogens is 1. The zero-order valence-electron chi connectivity index (χ0n) is 13.7. The SMILES string of the molecule is COC(=O)c1ccc(C(=N)C2CCC2)c(NC2CCCCC2)n1. The summed E-state index contributed by atoms with van der Waals surface area (Å²) < 4.78 is 4.78. The van der Waals surface area contributed by atoms with Crippen molar-refractivity contribution in [3.05, 3.63) is 23.4 Å². The molecule has 0 atom stereocenters. The smallest absolute Gasteiger partial charge is 0.356 e. The van der Waals surface area contributed by atoms with Crippen LogP contribution in [-0.4, -0.2) is 29.8 Å². The van der Waals surface area contributed by atoms with Crippen LogP contribution in [0.3, 0.4) is 0 Å². The van der Waals surface area contributed by atoms with E-state index in [2.05, 4.69) is 10.3 Å². The van der Waals surface area contributed by atoms with Gasteiger partial charge in [-0.05, 0) is 37.8 Å². The summed E-state index contributed by atoms with van der Waals surface area (Å²) in [6.07, 6.45) is 9.36. The van der Waals surface area contributed by atoms with Crippen molar-refractivity contribution in [3.8, 4) is 0 Å². The van der Waals surface area contributed by atoms with Crippen LogP contribution in [0.4, 0.5) is 5.82 Å². The van der Waals surface area contributed by atoms with Crippen LogP contribution in [0.25, 0.3) is 0 Å². The van der Waals surface area contributed by atoms with Gasteiger partial charge < -0.3 is 15.5 Å². The molecule has 2 aliphatic rings. The Hall–Kier alpha value is -1.91. The summed E-state index contributed by atoms with van der Waals surface area (Å²) in [5, 5.41) is 12.0. The van der Waals surface area contributed by atoms with E-state index < -0.39 is 5.97 Å². The van der Waals surface area contributed by atoms with E-state index >= 15 is 0 Å². The zero-order chi connectivity index (χ0) is 16.2. The Balaban J connectivity index is 1.86. The molecule has 2 aliphatic carbocycles. The minimum atomic E-state index is -0.432. The van der Waals surface area contributed by atoms with Crippen LogP contribution in [0.1, 0.15) is 67.4 Å².